The highest BCUT2D eigenvalue weighted by molar-refractivity contribution is 6.30. The van der Waals surface area contributed by atoms with Crippen molar-refractivity contribution in [3.05, 3.63) is 49.6 Å². The third-order valence-electron chi connectivity index (χ3n) is 4.91. The van der Waals surface area contributed by atoms with Crippen molar-refractivity contribution < 1.29 is 9.85 Å². The molecule has 2 aromatic rings. The van der Waals surface area contributed by atoms with Gasteiger partial charge in [0, 0.05) is 43.3 Å². The fraction of sp³-hybridized carbons (Fsp3) is 0.412. The van der Waals surface area contributed by atoms with Crippen LogP contribution in [0.5, 0.6) is 0 Å². The molecule has 2 fully saturated rings. The molecule has 1 saturated heterocycles. The third-order valence-corrected chi connectivity index (χ3v) is 5.14. The zero-order valence-electron chi connectivity index (χ0n) is 15.3. The summed E-state index contributed by atoms with van der Waals surface area (Å²) < 4.78 is 0. The first kappa shape index (κ1) is 19.1. The largest absolute Gasteiger partial charge is 0.362 e. The number of piperazine rings is 1. The molecular formula is C17H18ClN7O4. The molecule has 0 spiro atoms. The fourth-order valence-electron chi connectivity index (χ4n) is 3.24. The molecule has 12 heteroatoms. The van der Waals surface area contributed by atoms with Crippen molar-refractivity contribution in [2.75, 3.05) is 41.3 Å². The van der Waals surface area contributed by atoms with E-state index < -0.39 is 9.85 Å². The van der Waals surface area contributed by atoms with Gasteiger partial charge in [-0.05, 0) is 25.0 Å². The third kappa shape index (κ3) is 4.14. The van der Waals surface area contributed by atoms with Crippen molar-refractivity contribution >= 4 is 40.4 Å². The number of nitrogens with one attached hydrogen (secondary N) is 1. The molecule has 1 aliphatic heterocycles. The van der Waals surface area contributed by atoms with Crippen LogP contribution in [-0.4, -0.2) is 52.0 Å². The van der Waals surface area contributed by atoms with E-state index in [2.05, 4.69) is 15.3 Å². The normalized spacial score (nSPS) is 16.6. The van der Waals surface area contributed by atoms with Crippen LogP contribution >= 0.6 is 11.6 Å². The predicted molar refractivity (Wildman–Crippen MR) is 108 cm³/mol. The summed E-state index contributed by atoms with van der Waals surface area (Å²) in [5.74, 6) is 0.641. The number of nitro benzene ring substituents is 1. The fourth-order valence-corrected chi connectivity index (χ4v) is 3.40. The van der Waals surface area contributed by atoms with Crippen LogP contribution in [0.25, 0.3) is 0 Å². The molecule has 0 unspecified atom stereocenters. The molecular weight excluding hydrogens is 402 g/mol. The Morgan fingerprint density at radius 2 is 1.69 bits per heavy atom. The first-order chi connectivity index (χ1) is 13.9. The molecule has 0 bridgehead atoms. The molecule has 11 nitrogen and oxygen atoms in total. The Morgan fingerprint density at radius 1 is 1.03 bits per heavy atom. The minimum absolute atomic E-state index is 0.0338. The Labute approximate surface area is 170 Å². The van der Waals surface area contributed by atoms with Gasteiger partial charge in [0.1, 0.15) is 11.9 Å². The highest BCUT2D eigenvalue weighted by Gasteiger charge is 2.29. The number of hydrogen-bond donors (Lipinski definition) is 1. The van der Waals surface area contributed by atoms with Crippen molar-refractivity contribution in [3.63, 3.8) is 0 Å². The summed E-state index contributed by atoms with van der Waals surface area (Å²) in [5, 5.41) is 26.0. The van der Waals surface area contributed by atoms with Crippen LogP contribution in [0.1, 0.15) is 12.8 Å². The van der Waals surface area contributed by atoms with Crippen LogP contribution in [0.2, 0.25) is 5.02 Å². The van der Waals surface area contributed by atoms with Crippen molar-refractivity contribution in [3.8, 4) is 0 Å². The maximum absolute atomic E-state index is 11.3. The van der Waals surface area contributed by atoms with Gasteiger partial charge in [0.25, 0.3) is 5.69 Å². The minimum Gasteiger partial charge on any atom is -0.362 e. The van der Waals surface area contributed by atoms with Gasteiger partial charge < -0.3 is 15.1 Å². The molecule has 152 valence electrons. The van der Waals surface area contributed by atoms with Crippen molar-refractivity contribution in [2.45, 2.75) is 18.9 Å². The monoisotopic (exact) mass is 419 g/mol. The topological polar surface area (TPSA) is 131 Å². The summed E-state index contributed by atoms with van der Waals surface area (Å²) in [6, 6.07) is 4.85. The lowest BCUT2D eigenvalue weighted by atomic mass is 10.2. The van der Waals surface area contributed by atoms with Gasteiger partial charge in [-0.25, -0.2) is 4.98 Å². The Hall–Kier alpha value is -3.21. The van der Waals surface area contributed by atoms with E-state index in [1.54, 1.807) is 12.1 Å². The lowest BCUT2D eigenvalue weighted by molar-refractivity contribution is -0.384. The van der Waals surface area contributed by atoms with E-state index in [1.165, 1.54) is 12.3 Å². The minimum atomic E-state index is -0.494. The smallest absolute Gasteiger partial charge is 0.329 e. The molecule has 29 heavy (non-hydrogen) atoms. The summed E-state index contributed by atoms with van der Waals surface area (Å²) in [7, 11) is 0. The first-order valence-corrected chi connectivity index (χ1v) is 9.52. The van der Waals surface area contributed by atoms with Crippen LogP contribution in [-0.2, 0) is 0 Å². The summed E-state index contributed by atoms with van der Waals surface area (Å²) in [6.45, 7) is 2.10. The average molecular weight is 420 g/mol. The number of halogens is 1. The van der Waals surface area contributed by atoms with Gasteiger partial charge in [0.2, 0.25) is 11.8 Å². The predicted octanol–water partition coefficient (Wildman–Crippen LogP) is 2.85. The number of anilines is 3. The Kier molecular flexibility index (Phi) is 5.05. The van der Waals surface area contributed by atoms with Gasteiger partial charge >= 0.3 is 5.69 Å². The second-order valence-corrected chi connectivity index (χ2v) is 7.38. The highest BCUT2D eigenvalue weighted by atomic mass is 35.5. The lowest BCUT2D eigenvalue weighted by Crippen LogP contribution is -2.47. The Balaban J connectivity index is 1.50. The van der Waals surface area contributed by atoms with E-state index in [0.717, 1.165) is 12.8 Å². The molecule has 1 saturated carbocycles. The van der Waals surface area contributed by atoms with E-state index in [4.69, 9.17) is 11.6 Å². The summed E-state index contributed by atoms with van der Waals surface area (Å²) in [5.41, 5.74) is 0.337. The molecule has 1 aromatic heterocycles. The van der Waals surface area contributed by atoms with Crippen molar-refractivity contribution in [2.24, 2.45) is 0 Å². The van der Waals surface area contributed by atoms with Gasteiger partial charge in [-0.2, -0.15) is 4.98 Å². The van der Waals surface area contributed by atoms with E-state index in [1.807, 2.05) is 9.80 Å². The molecule has 1 N–H and O–H groups in total. The molecule has 2 heterocycles. The standard InChI is InChI=1S/C17H18ClN7O4/c18-11-1-4-13(14(9-11)24(26)27)22-5-7-23(8-6-22)17-19-10-15(25(28)29)16(21-17)20-12-2-3-12/h1,4,9-10,12H,2-3,5-8H2,(H,19,20,21). The van der Waals surface area contributed by atoms with Crippen molar-refractivity contribution in [1.82, 2.24) is 9.97 Å². The second kappa shape index (κ2) is 7.66. The highest BCUT2D eigenvalue weighted by Crippen LogP contribution is 2.33. The number of nitrogens with zero attached hydrogens (tertiary/aromatic N) is 6. The maximum atomic E-state index is 11.3. The van der Waals surface area contributed by atoms with Crippen LogP contribution in [0.4, 0.5) is 28.8 Å². The quantitative estimate of drug-likeness (QED) is 0.554. The van der Waals surface area contributed by atoms with Crippen LogP contribution in [0.3, 0.4) is 0 Å². The van der Waals surface area contributed by atoms with E-state index in [0.29, 0.717) is 42.8 Å². The second-order valence-electron chi connectivity index (χ2n) is 6.94. The number of nitro groups is 2. The van der Waals surface area contributed by atoms with E-state index >= 15 is 0 Å². The van der Waals surface area contributed by atoms with Gasteiger partial charge in [-0.1, -0.05) is 11.6 Å². The average Bonchev–Trinajstić information content (AvgIpc) is 3.52. The number of benzene rings is 1. The SMILES string of the molecule is O=[N+]([O-])c1cc(Cl)ccc1N1CCN(c2ncc([N+](=O)[O-])c(NC3CC3)n2)CC1. The Morgan fingerprint density at radius 3 is 2.31 bits per heavy atom. The summed E-state index contributed by atoms with van der Waals surface area (Å²) in [6.07, 6.45) is 3.16. The molecule has 0 atom stereocenters. The summed E-state index contributed by atoms with van der Waals surface area (Å²) >= 11 is 5.89. The van der Waals surface area contributed by atoms with E-state index in [-0.39, 0.29) is 23.2 Å². The lowest BCUT2D eigenvalue weighted by Gasteiger charge is -2.35. The number of aromatic nitrogens is 2. The Bertz CT molecular complexity index is 961. The molecule has 1 aliphatic carbocycles. The zero-order chi connectivity index (χ0) is 20.5. The maximum Gasteiger partial charge on any atom is 0.329 e. The molecule has 2 aliphatic rings. The van der Waals surface area contributed by atoms with Crippen molar-refractivity contribution in [1.29, 1.82) is 0 Å². The van der Waals surface area contributed by atoms with Crippen LogP contribution < -0.4 is 15.1 Å². The zero-order valence-corrected chi connectivity index (χ0v) is 16.1. The van der Waals surface area contributed by atoms with Gasteiger partial charge in [0.05, 0.1) is 9.85 Å². The molecule has 0 radical (unpaired) electrons. The van der Waals surface area contributed by atoms with Gasteiger partial charge in [-0.15, -0.1) is 0 Å². The first-order valence-electron chi connectivity index (χ1n) is 9.14. The molecule has 0 amide bonds. The van der Waals surface area contributed by atoms with Crippen LogP contribution in [0, 0.1) is 20.2 Å². The van der Waals surface area contributed by atoms with Gasteiger partial charge in [0.15, 0.2) is 0 Å². The number of rotatable bonds is 6. The van der Waals surface area contributed by atoms with Gasteiger partial charge in [-0.3, -0.25) is 20.2 Å². The summed E-state index contributed by atoms with van der Waals surface area (Å²) in [4.78, 5) is 34.0. The molecule has 4 rings (SSSR count). The van der Waals surface area contributed by atoms with Crippen LogP contribution in [0.15, 0.2) is 24.4 Å². The van der Waals surface area contributed by atoms with E-state index in [9.17, 15) is 20.2 Å². The number of hydrogen-bond acceptors (Lipinski definition) is 9. The molecule has 1 aromatic carbocycles.